The maximum atomic E-state index is 11.2. The van der Waals surface area contributed by atoms with Gasteiger partial charge in [-0.3, -0.25) is 4.79 Å². The van der Waals surface area contributed by atoms with Gasteiger partial charge in [-0.1, -0.05) is 20.8 Å². The van der Waals surface area contributed by atoms with Gasteiger partial charge in [-0.2, -0.15) is 0 Å². The first-order valence-corrected chi connectivity index (χ1v) is 6.98. The molecule has 1 unspecified atom stereocenters. The largest absolute Gasteiger partial charge is 0.480 e. The zero-order chi connectivity index (χ0) is 14.0. The zero-order valence-electron chi connectivity index (χ0n) is 12.3. The van der Waals surface area contributed by atoms with Crippen LogP contribution in [0.2, 0.25) is 0 Å². The van der Waals surface area contributed by atoms with Crippen LogP contribution in [0.1, 0.15) is 53.4 Å². The van der Waals surface area contributed by atoms with Gasteiger partial charge in [-0.15, -0.1) is 0 Å². The second-order valence-corrected chi connectivity index (χ2v) is 5.46. The van der Waals surface area contributed by atoms with E-state index in [2.05, 4.69) is 19.2 Å². The summed E-state index contributed by atoms with van der Waals surface area (Å²) in [6.45, 7) is 10.3. The van der Waals surface area contributed by atoms with Crippen LogP contribution >= 0.6 is 0 Å². The molecule has 0 saturated carbocycles. The molecule has 0 aromatic heterocycles. The molecule has 0 spiro atoms. The first-order valence-electron chi connectivity index (χ1n) is 6.98. The van der Waals surface area contributed by atoms with Crippen molar-refractivity contribution in [2.24, 2.45) is 5.92 Å². The van der Waals surface area contributed by atoms with Crippen LogP contribution < -0.4 is 5.32 Å². The lowest BCUT2D eigenvalue weighted by Crippen LogP contribution is -2.49. The molecule has 0 aliphatic heterocycles. The molecule has 0 aromatic carbocycles. The lowest BCUT2D eigenvalue weighted by atomic mass is 9.96. The molecule has 0 aliphatic carbocycles. The second kappa shape index (κ2) is 9.34. The summed E-state index contributed by atoms with van der Waals surface area (Å²) < 4.78 is 5.50. The van der Waals surface area contributed by atoms with Crippen LogP contribution in [0.15, 0.2) is 0 Å². The minimum atomic E-state index is -0.822. The average molecular weight is 259 g/mol. The van der Waals surface area contributed by atoms with Crippen LogP contribution in [-0.4, -0.2) is 36.4 Å². The van der Waals surface area contributed by atoms with E-state index in [1.165, 1.54) is 0 Å². The van der Waals surface area contributed by atoms with Crippen molar-refractivity contribution in [3.8, 4) is 0 Å². The van der Waals surface area contributed by atoms with Crippen LogP contribution in [-0.2, 0) is 9.53 Å². The number of nitrogens with one attached hydrogen (secondary N) is 1. The third kappa shape index (κ3) is 7.67. The van der Waals surface area contributed by atoms with Crippen molar-refractivity contribution in [1.29, 1.82) is 0 Å². The third-order valence-corrected chi connectivity index (χ3v) is 3.04. The Labute approximate surface area is 111 Å². The number of carboxylic acids is 1. The fourth-order valence-electron chi connectivity index (χ4n) is 1.62. The van der Waals surface area contributed by atoms with E-state index in [4.69, 9.17) is 4.74 Å². The molecule has 1 atom stereocenters. The Bertz CT molecular complexity index is 231. The lowest BCUT2D eigenvalue weighted by Gasteiger charge is -2.26. The summed E-state index contributed by atoms with van der Waals surface area (Å²) in [5, 5.41) is 12.3. The Kier molecular flexibility index (Phi) is 9.02. The zero-order valence-corrected chi connectivity index (χ0v) is 12.3. The van der Waals surface area contributed by atoms with E-state index in [1.807, 2.05) is 6.92 Å². The second-order valence-electron chi connectivity index (χ2n) is 5.46. The number of carboxylic acid groups (broad SMARTS) is 1. The summed E-state index contributed by atoms with van der Waals surface area (Å²) in [6.07, 6.45) is 3.37. The Hall–Kier alpha value is -0.610. The van der Waals surface area contributed by atoms with Crippen LogP contribution in [0.5, 0.6) is 0 Å². The molecule has 0 heterocycles. The van der Waals surface area contributed by atoms with Gasteiger partial charge in [0.05, 0.1) is 0 Å². The molecule has 0 fully saturated rings. The fourth-order valence-corrected chi connectivity index (χ4v) is 1.62. The Morgan fingerprint density at radius 2 is 2.06 bits per heavy atom. The van der Waals surface area contributed by atoms with Crippen LogP contribution in [0.25, 0.3) is 0 Å². The Morgan fingerprint density at radius 1 is 1.39 bits per heavy atom. The lowest BCUT2D eigenvalue weighted by molar-refractivity contribution is -0.144. The summed E-state index contributed by atoms with van der Waals surface area (Å²) in [5.41, 5.74) is -0.822. The molecule has 18 heavy (non-hydrogen) atoms. The molecule has 0 bridgehead atoms. The number of rotatable bonds is 11. The van der Waals surface area contributed by atoms with E-state index in [1.54, 1.807) is 6.92 Å². The standard InChI is InChI=1S/C14H29NO3/c1-5-9-15-14(4,13(16)17)8-6-10-18-11-7-12(2)3/h12,15H,5-11H2,1-4H3,(H,16,17). The van der Waals surface area contributed by atoms with Crippen molar-refractivity contribution in [3.63, 3.8) is 0 Å². The van der Waals surface area contributed by atoms with Crippen LogP contribution in [0.3, 0.4) is 0 Å². The van der Waals surface area contributed by atoms with Crippen molar-refractivity contribution in [2.45, 2.75) is 58.9 Å². The van der Waals surface area contributed by atoms with Gasteiger partial charge in [0.25, 0.3) is 0 Å². The van der Waals surface area contributed by atoms with E-state index in [-0.39, 0.29) is 0 Å². The number of hydrogen-bond donors (Lipinski definition) is 2. The summed E-state index contributed by atoms with van der Waals surface area (Å²) in [4.78, 5) is 11.2. The average Bonchev–Trinajstić information content (AvgIpc) is 2.30. The number of carbonyl (C=O) groups is 1. The van der Waals surface area contributed by atoms with Gasteiger partial charge in [0, 0.05) is 13.2 Å². The van der Waals surface area contributed by atoms with Crippen molar-refractivity contribution >= 4 is 5.97 Å². The smallest absolute Gasteiger partial charge is 0.323 e. The first kappa shape index (κ1) is 17.4. The number of hydrogen-bond acceptors (Lipinski definition) is 3. The molecule has 0 aliphatic rings. The normalized spacial score (nSPS) is 14.7. The predicted molar refractivity (Wildman–Crippen MR) is 73.8 cm³/mol. The highest BCUT2D eigenvalue weighted by Crippen LogP contribution is 2.13. The maximum Gasteiger partial charge on any atom is 0.323 e. The SMILES string of the molecule is CCCNC(C)(CCCOCCC(C)C)C(=O)O. The molecule has 0 amide bonds. The molecule has 0 aromatic rings. The van der Waals surface area contributed by atoms with E-state index < -0.39 is 11.5 Å². The third-order valence-electron chi connectivity index (χ3n) is 3.04. The highest BCUT2D eigenvalue weighted by Gasteiger charge is 2.31. The molecule has 2 N–H and O–H groups in total. The molecular weight excluding hydrogens is 230 g/mol. The molecular formula is C14H29NO3. The van der Waals surface area contributed by atoms with Gasteiger partial charge in [-0.05, 0) is 45.1 Å². The van der Waals surface area contributed by atoms with Gasteiger partial charge < -0.3 is 15.2 Å². The molecule has 4 nitrogen and oxygen atoms in total. The van der Waals surface area contributed by atoms with Crippen LogP contribution in [0.4, 0.5) is 0 Å². The highest BCUT2D eigenvalue weighted by molar-refractivity contribution is 5.78. The topological polar surface area (TPSA) is 58.6 Å². The monoisotopic (exact) mass is 259 g/mol. The van der Waals surface area contributed by atoms with E-state index in [0.29, 0.717) is 18.9 Å². The summed E-state index contributed by atoms with van der Waals surface area (Å²) >= 11 is 0. The van der Waals surface area contributed by atoms with Crippen molar-refractivity contribution in [3.05, 3.63) is 0 Å². The Morgan fingerprint density at radius 3 is 2.56 bits per heavy atom. The van der Waals surface area contributed by atoms with Crippen LogP contribution in [0, 0.1) is 5.92 Å². The highest BCUT2D eigenvalue weighted by atomic mass is 16.5. The summed E-state index contributed by atoms with van der Waals surface area (Å²) in [7, 11) is 0. The molecule has 0 rings (SSSR count). The van der Waals surface area contributed by atoms with Gasteiger partial charge in [0.2, 0.25) is 0 Å². The van der Waals surface area contributed by atoms with E-state index in [9.17, 15) is 9.90 Å². The van der Waals surface area contributed by atoms with Gasteiger partial charge in [0.1, 0.15) is 5.54 Å². The summed E-state index contributed by atoms with van der Waals surface area (Å²) in [6, 6.07) is 0. The maximum absolute atomic E-state index is 11.2. The number of ether oxygens (including phenoxy) is 1. The van der Waals surface area contributed by atoms with E-state index >= 15 is 0 Å². The van der Waals surface area contributed by atoms with E-state index in [0.717, 1.165) is 32.4 Å². The minimum Gasteiger partial charge on any atom is -0.480 e. The van der Waals surface area contributed by atoms with Gasteiger partial charge >= 0.3 is 5.97 Å². The molecule has 0 saturated heterocycles. The molecule has 0 radical (unpaired) electrons. The van der Waals surface area contributed by atoms with Crippen molar-refractivity contribution in [2.75, 3.05) is 19.8 Å². The first-order chi connectivity index (χ1) is 8.42. The minimum absolute atomic E-state index is 0.601. The number of aliphatic carboxylic acids is 1. The predicted octanol–water partition coefficient (Wildman–Crippen LogP) is 2.67. The van der Waals surface area contributed by atoms with Gasteiger partial charge in [0.15, 0.2) is 0 Å². The molecule has 108 valence electrons. The summed E-state index contributed by atoms with van der Waals surface area (Å²) in [5.74, 6) is -0.126. The Balaban J connectivity index is 3.80. The van der Waals surface area contributed by atoms with Crippen molar-refractivity contribution < 1.29 is 14.6 Å². The van der Waals surface area contributed by atoms with Crippen molar-refractivity contribution in [1.82, 2.24) is 5.32 Å². The quantitative estimate of drug-likeness (QED) is 0.560. The fraction of sp³-hybridized carbons (Fsp3) is 0.929. The molecule has 4 heteroatoms. The van der Waals surface area contributed by atoms with Gasteiger partial charge in [-0.25, -0.2) is 0 Å².